The molecule has 0 spiro atoms. The van der Waals surface area contributed by atoms with Gasteiger partial charge in [0.15, 0.2) is 0 Å². The number of carbonyl (C=O) groups is 1. The summed E-state index contributed by atoms with van der Waals surface area (Å²) >= 11 is 0. The molecule has 0 saturated carbocycles. The number of carboxylic acid groups (broad SMARTS) is 1. The monoisotopic (exact) mass is 395 g/mol. The van der Waals surface area contributed by atoms with Crippen LogP contribution in [0.3, 0.4) is 0 Å². The molecule has 1 atom stereocenters. The van der Waals surface area contributed by atoms with Gasteiger partial charge in [-0.05, 0) is 44.5 Å². The normalized spacial score (nSPS) is 17.8. The summed E-state index contributed by atoms with van der Waals surface area (Å²) in [7, 11) is -3.97. The maximum Gasteiger partial charge on any atom is 0.338 e. The lowest BCUT2D eigenvalue weighted by Crippen LogP contribution is -2.31. The molecular weight excluding hydrogens is 377 g/mol. The minimum Gasteiger partial charge on any atom is -0.478 e. The molecule has 3 rings (SSSR count). The molecule has 1 aromatic heterocycles. The van der Waals surface area contributed by atoms with E-state index in [4.69, 9.17) is 9.84 Å². The van der Waals surface area contributed by atoms with Gasteiger partial charge in [0.1, 0.15) is 11.9 Å². The molecule has 27 heavy (non-hydrogen) atoms. The predicted octanol–water partition coefficient (Wildman–Crippen LogP) is 1.77. The molecule has 8 nitrogen and oxygen atoms in total. The van der Waals surface area contributed by atoms with Crippen LogP contribution in [0.2, 0.25) is 0 Å². The number of sulfonamides is 1. The van der Waals surface area contributed by atoms with E-state index in [9.17, 15) is 17.6 Å². The Morgan fingerprint density at radius 3 is 2.56 bits per heavy atom. The number of aryl methyl sites for hydroxylation is 2. The Balaban J connectivity index is 1.77. The maximum atomic E-state index is 13.5. The number of aromatic carboxylic acids is 1. The molecule has 10 heteroatoms. The molecule has 1 aliphatic rings. The number of halogens is 1. The zero-order chi connectivity index (χ0) is 19.8. The van der Waals surface area contributed by atoms with Gasteiger partial charge in [0.2, 0.25) is 10.0 Å². The third kappa shape index (κ3) is 4.06. The van der Waals surface area contributed by atoms with E-state index < -0.39 is 33.5 Å². The first-order valence-electron chi connectivity index (χ1n) is 8.19. The minimum absolute atomic E-state index is 0.0679. The zero-order valence-corrected chi connectivity index (χ0v) is 15.5. The van der Waals surface area contributed by atoms with Crippen molar-refractivity contribution in [2.75, 3.05) is 13.1 Å². The van der Waals surface area contributed by atoms with E-state index in [0.717, 1.165) is 29.6 Å². The van der Waals surface area contributed by atoms with Crippen LogP contribution in [0.4, 0.5) is 4.39 Å². The van der Waals surface area contributed by atoms with Crippen LogP contribution in [-0.2, 0) is 10.0 Å². The van der Waals surface area contributed by atoms with Crippen LogP contribution in [0.5, 0.6) is 6.01 Å². The van der Waals surface area contributed by atoms with Gasteiger partial charge in [-0.3, -0.25) is 0 Å². The van der Waals surface area contributed by atoms with Gasteiger partial charge in [-0.1, -0.05) is 0 Å². The fraction of sp³-hybridized carbons (Fsp3) is 0.353. The zero-order valence-electron chi connectivity index (χ0n) is 14.7. The predicted molar refractivity (Wildman–Crippen MR) is 92.7 cm³/mol. The molecule has 1 aliphatic heterocycles. The van der Waals surface area contributed by atoms with Gasteiger partial charge in [0, 0.05) is 17.9 Å². The Bertz CT molecular complexity index is 976. The molecule has 2 heterocycles. The first-order valence-corrected chi connectivity index (χ1v) is 9.63. The largest absolute Gasteiger partial charge is 0.478 e. The van der Waals surface area contributed by atoms with E-state index in [2.05, 4.69) is 9.97 Å². The van der Waals surface area contributed by atoms with Crippen LogP contribution in [0.25, 0.3) is 0 Å². The van der Waals surface area contributed by atoms with E-state index in [1.165, 1.54) is 4.31 Å². The number of hydrogen-bond donors (Lipinski definition) is 1. The van der Waals surface area contributed by atoms with Gasteiger partial charge in [0.25, 0.3) is 0 Å². The van der Waals surface area contributed by atoms with Crippen molar-refractivity contribution in [3.8, 4) is 6.01 Å². The summed E-state index contributed by atoms with van der Waals surface area (Å²) in [6.45, 7) is 3.87. The standard InChI is InChI=1S/C17H18FN3O5S/c1-10-7-11(2)20-17(19-10)26-12-5-6-21(9-12)27(24,25)13-3-4-15(18)14(8-13)16(22)23/h3-4,7-8,12H,5-6,9H2,1-2H3,(H,22,23). The molecule has 1 unspecified atom stereocenters. The van der Waals surface area contributed by atoms with Crippen LogP contribution in [0.1, 0.15) is 28.2 Å². The number of ether oxygens (including phenoxy) is 1. The third-order valence-corrected chi connectivity index (χ3v) is 6.01. The summed E-state index contributed by atoms with van der Waals surface area (Å²) in [6, 6.07) is 4.70. The van der Waals surface area contributed by atoms with E-state index >= 15 is 0 Å². The molecule has 0 amide bonds. The third-order valence-electron chi connectivity index (χ3n) is 4.15. The molecule has 0 aliphatic carbocycles. The second-order valence-electron chi connectivity index (χ2n) is 6.27. The number of nitrogens with zero attached hydrogens (tertiary/aromatic N) is 3. The fourth-order valence-corrected chi connectivity index (χ4v) is 4.40. The number of rotatable bonds is 5. The lowest BCUT2D eigenvalue weighted by molar-refractivity contribution is 0.0691. The number of hydrogen-bond acceptors (Lipinski definition) is 6. The van der Waals surface area contributed by atoms with Crippen molar-refractivity contribution in [3.63, 3.8) is 0 Å². The molecule has 1 N–H and O–H groups in total. The van der Waals surface area contributed by atoms with Crippen molar-refractivity contribution < 1.29 is 27.4 Å². The van der Waals surface area contributed by atoms with Gasteiger partial charge in [-0.15, -0.1) is 0 Å². The first kappa shape index (κ1) is 19.2. The molecule has 2 aromatic rings. The molecular formula is C17H18FN3O5S. The van der Waals surface area contributed by atoms with Crippen LogP contribution in [0, 0.1) is 19.7 Å². The Hall–Kier alpha value is -2.59. The Kier molecular flexibility index (Phi) is 5.11. The average Bonchev–Trinajstić information content (AvgIpc) is 3.03. The summed E-state index contributed by atoms with van der Waals surface area (Å²) in [5.41, 5.74) is 0.798. The SMILES string of the molecule is Cc1cc(C)nc(OC2CCN(S(=O)(=O)c3ccc(F)c(C(=O)O)c3)C2)n1. The second kappa shape index (κ2) is 7.20. The maximum absolute atomic E-state index is 13.5. The summed E-state index contributed by atoms with van der Waals surface area (Å²) < 4.78 is 45.9. The average molecular weight is 395 g/mol. The van der Waals surface area contributed by atoms with Crippen molar-refractivity contribution in [3.05, 3.63) is 47.0 Å². The Morgan fingerprint density at radius 1 is 1.26 bits per heavy atom. The minimum atomic E-state index is -3.97. The van der Waals surface area contributed by atoms with Crippen LogP contribution in [-0.4, -0.2) is 53.0 Å². The van der Waals surface area contributed by atoms with Gasteiger partial charge in [-0.2, -0.15) is 4.31 Å². The van der Waals surface area contributed by atoms with Gasteiger partial charge in [-0.25, -0.2) is 27.6 Å². The number of aromatic nitrogens is 2. The quantitative estimate of drug-likeness (QED) is 0.822. The highest BCUT2D eigenvalue weighted by atomic mass is 32.2. The number of benzene rings is 1. The van der Waals surface area contributed by atoms with E-state index in [-0.39, 0.29) is 24.0 Å². The van der Waals surface area contributed by atoms with Gasteiger partial charge < -0.3 is 9.84 Å². The molecule has 1 fully saturated rings. The van der Waals surface area contributed by atoms with Gasteiger partial charge in [0.05, 0.1) is 17.0 Å². The highest BCUT2D eigenvalue weighted by Gasteiger charge is 2.34. The molecule has 1 aromatic carbocycles. The van der Waals surface area contributed by atoms with Crippen molar-refractivity contribution in [2.24, 2.45) is 0 Å². The lowest BCUT2D eigenvalue weighted by Gasteiger charge is -2.17. The summed E-state index contributed by atoms with van der Waals surface area (Å²) in [6.07, 6.45) is 0.00288. The highest BCUT2D eigenvalue weighted by molar-refractivity contribution is 7.89. The number of carboxylic acids is 1. The van der Waals surface area contributed by atoms with Crippen molar-refractivity contribution >= 4 is 16.0 Å². The summed E-state index contributed by atoms with van der Waals surface area (Å²) in [5, 5.41) is 8.99. The highest BCUT2D eigenvalue weighted by Crippen LogP contribution is 2.25. The van der Waals surface area contributed by atoms with Crippen molar-refractivity contribution in [1.29, 1.82) is 0 Å². The van der Waals surface area contributed by atoms with E-state index in [1.807, 2.05) is 13.8 Å². The first-order chi connectivity index (χ1) is 12.7. The van der Waals surface area contributed by atoms with E-state index in [1.54, 1.807) is 6.07 Å². The molecule has 144 valence electrons. The van der Waals surface area contributed by atoms with Crippen LogP contribution >= 0.6 is 0 Å². The van der Waals surface area contributed by atoms with Crippen molar-refractivity contribution in [2.45, 2.75) is 31.3 Å². The molecule has 0 radical (unpaired) electrons. The molecule has 1 saturated heterocycles. The second-order valence-corrected chi connectivity index (χ2v) is 8.21. The fourth-order valence-electron chi connectivity index (χ4n) is 2.89. The topological polar surface area (TPSA) is 110 Å². The van der Waals surface area contributed by atoms with Crippen LogP contribution in [0.15, 0.2) is 29.2 Å². The van der Waals surface area contributed by atoms with E-state index in [0.29, 0.717) is 6.42 Å². The smallest absolute Gasteiger partial charge is 0.338 e. The molecule has 0 bridgehead atoms. The lowest BCUT2D eigenvalue weighted by atomic mass is 10.2. The Labute approximate surface area is 155 Å². The van der Waals surface area contributed by atoms with Crippen molar-refractivity contribution in [1.82, 2.24) is 14.3 Å². The van der Waals surface area contributed by atoms with Crippen LogP contribution < -0.4 is 4.74 Å². The summed E-state index contributed by atoms with van der Waals surface area (Å²) in [4.78, 5) is 19.1. The Morgan fingerprint density at radius 2 is 1.93 bits per heavy atom. The summed E-state index contributed by atoms with van der Waals surface area (Å²) in [5.74, 6) is -2.52. The van der Waals surface area contributed by atoms with Gasteiger partial charge >= 0.3 is 12.0 Å².